The molecular weight excluding hydrogens is 445 g/mol. The first kappa shape index (κ1) is 21.3. The number of benzene rings is 2. The largest absolute Gasteiger partial charge is 0.506 e. The summed E-state index contributed by atoms with van der Waals surface area (Å²) in [5, 5.41) is 11.3. The van der Waals surface area contributed by atoms with E-state index in [4.69, 9.17) is 13.9 Å². The lowest BCUT2D eigenvalue weighted by atomic mass is 9.98. The number of amides is 1. The second-order valence-electron chi connectivity index (χ2n) is 7.44. The number of rotatable bonds is 5. The van der Waals surface area contributed by atoms with Crippen LogP contribution in [0.3, 0.4) is 0 Å². The highest BCUT2D eigenvalue weighted by Crippen LogP contribution is 2.44. The summed E-state index contributed by atoms with van der Waals surface area (Å²) in [6.07, 6.45) is 1.38. The summed E-state index contributed by atoms with van der Waals surface area (Å²) in [6.45, 7) is 0. The summed E-state index contributed by atoms with van der Waals surface area (Å²) < 4.78 is 29.9. The molecule has 0 radical (unpaired) electrons. The molecule has 1 aliphatic rings. The number of furan rings is 1. The summed E-state index contributed by atoms with van der Waals surface area (Å²) in [7, 11) is 2.81. The van der Waals surface area contributed by atoms with E-state index < -0.39 is 29.3 Å². The number of carbonyl (C=O) groups is 2. The summed E-state index contributed by atoms with van der Waals surface area (Å²) in [5.41, 5.74) is 0.590. The highest BCUT2D eigenvalue weighted by molar-refractivity contribution is 6.51. The van der Waals surface area contributed by atoms with Crippen LogP contribution in [0.25, 0.3) is 16.8 Å². The number of fused-ring (bicyclic) bond motifs is 1. The average molecular weight is 463 g/mol. The molecule has 0 bridgehead atoms. The van der Waals surface area contributed by atoms with Crippen molar-refractivity contribution in [2.24, 2.45) is 0 Å². The Balaban J connectivity index is 1.75. The highest BCUT2D eigenvalue weighted by atomic mass is 19.1. The number of ether oxygens (including phenoxy) is 2. The number of aromatic nitrogens is 2. The third-order valence-corrected chi connectivity index (χ3v) is 5.58. The minimum Gasteiger partial charge on any atom is -0.506 e. The Bertz CT molecular complexity index is 1430. The van der Waals surface area contributed by atoms with Crippen LogP contribution in [0.1, 0.15) is 17.4 Å². The summed E-state index contributed by atoms with van der Waals surface area (Å²) in [5.74, 6) is -2.22. The molecule has 9 nitrogen and oxygen atoms in total. The van der Waals surface area contributed by atoms with Gasteiger partial charge in [-0.15, -0.1) is 0 Å². The number of aliphatic hydroxyl groups is 1. The molecule has 2 N–H and O–H groups in total. The SMILES string of the molecule is COc1cccc(OC)c1/C(O)=C1\C(=O)C(=O)N(c2nc3ccc(F)cc3[nH]2)C1c1ccco1. The summed E-state index contributed by atoms with van der Waals surface area (Å²) >= 11 is 0. The van der Waals surface area contributed by atoms with E-state index in [1.165, 1.54) is 38.7 Å². The molecule has 172 valence electrons. The molecule has 3 heterocycles. The number of nitrogens with one attached hydrogen (secondary N) is 1. The number of carbonyl (C=O) groups excluding carboxylic acids is 2. The van der Waals surface area contributed by atoms with Gasteiger partial charge >= 0.3 is 5.91 Å². The zero-order valence-electron chi connectivity index (χ0n) is 18.0. The molecule has 2 aromatic carbocycles. The van der Waals surface area contributed by atoms with E-state index in [1.807, 2.05) is 0 Å². The van der Waals surface area contributed by atoms with Gasteiger partial charge in [-0.2, -0.15) is 0 Å². The van der Waals surface area contributed by atoms with Crippen molar-refractivity contribution >= 4 is 34.4 Å². The highest BCUT2D eigenvalue weighted by Gasteiger charge is 2.50. The van der Waals surface area contributed by atoms with Crippen LogP contribution < -0.4 is 14.4 Å². The van der Waals surface area contributed by atoms with Crippen molar-refractivity contribution in [2.75, 3.05) is 19.1 Å². The van der Waals surface area contributed by atoms with Crippen LogP contribution in [0.4, 0.5) is 10.3 Å². The van der Waals surface area contributed by atoms with Crippen molar-refractivity contribution in [3.8, 4) is 11.5 Å². The van der Waals surface area contributed by atoms with Crippen molar-refractivity contribution in [2.45, 2.75) is 6.04 Å². The first-order chi connectivity index (χ1) is 16.4. The first-order valence-corrected chi connectivity index (χ1v) is 10.2. The molecule has 1 atom stereocenters. The zero-order chi connectivity index (χ0) is 24.0. The van der Waals surface area contributed by atoms with Crippen LogP contribution in [0.2, 0.25) is 0 Å². The molecule has 1 fully saturated rings. The number of nitrogens with zero attached hydrogens (tertiary/aromatic N) is 2. The van der Waals surface area contributed by atoms with Crippen LogP contribution in [-0.4, -0.2) is 41.0 Å². The lowest BCUT2D eigenvalue weighted by Gasteiger charge is -2.21. The van der Waals surface area contributed by atoms with E-state index >= 15 is 0 Å². The van der Waals surface area contributed by atoms with Crippen molar-refractivity contribution in [1.29, 1.82) is 0 Å². The summed E-state index contributed by atoms with van der Waals surface area (Å²) in [4.78, 5) is 34.7. The Labute approximate surface area is 192 Å². The van der Waals surface area contributed by atoms with Gasteiger partial charge in [0.2, 0.25) is 5.95 Å². The number of methoxy groups -OCH3 is 2. The molecule has 1 amide bonds. The predicted octanol–water partition coefficient (Wildman–Crippen LogP) is 3.94. The zero-order valence-corrected chi connectivity index (χ0v) is 18.0. The van der Waals surface area contributed by atoms with E-state index in [0.29, 0.717) is 11.0 Å². The molecule has 34 heavy (non-hydrogen) atoms. The maximum Gasteiger partial charge on any atom is 0.302 e. The molecule has 2 aromatic heterocycles. The standard InChI is InChI=1S/C24H18FN3O6/c1-32-15-5-3-6-16(33-2)18(15)21(29)19-20(17-7-4-10-34-17)28(23(31)22(19)30)24-26-13-9-8-12(25)11-14(13)27-24/h3-11,20,29H,1-2H3,(H,26,27)/b21-19+. The second-order valence-corrected chi connectivity index (χ2v) is 7.44. The van der Waals surface area contributed by atoms with Gasteiger partial charge in [0.25, 0.3) is 5.78 Å². The van der Waals surface area contributed by atoms with Gasteiger partial charge in [-0.3, -0.25) is 14.5 Å². The lowest BCUT2D eigenvalue weighted by molar-refractivity contribution is -0.132. The Morgan fingerprint density at radius 1 is 1.12 bits per heavy atom. The van der Waals surface area contributed by atoms with E-state index in [1.54, 1.807) is 30.3 Å². The number of ketones is 1. The number of hydrogen-bond acceptors (Lipinski definition) is 7. The van der Waals surface area contributed by atoms with Gasteiger partial charge in [0.1, 0.15) is 40.4 Å². The normalized spacial score (nSPS) is 17.5. The minimum atomic E-state index is -1.16. The first-order valence-electron chi connectivity index (χ1n) is 10.2. The van der Waals surface area contributed by atoms with Crippen molar-refractivity contribution < 1.29 is 33.0 Å². The monoisotopic (exact) mass is 463 g/mol. The van der Waals surface area contributed by atoms with Gasteiger partial charge in [0.05, 0.1) is 37.1 Å². The molecule has 10 heteroatoms. The maximum absolute atomic E-state index is 13.7. The van der Waals surface area contributed by atoms with Crippen LogP contribution in [0, 0.1) is 5.82 Å². The predicted molar refractivity (Wildman–Crippen MR) is 119 cm³/mol. The Kier molecular flexibility index (Phi) is 5.05. The summed E-state index contributed by atoms with van der Waals surface area (Å²) in [6, 6.07) is 10.7. The fourth-order valence-corrected chi connectivity index (χ4v) is 4.07. The molecule has 5 rings (SSSR count). The van der Waals surface area contributed by atoms with Crippen molar-refractivity contribution in [3.05, 3.63) is 77.5 Å². The van der Waals surface area contributed by atoms with Gasteiger partial charge < -0.3 is 24.0 Å². The lowest BCUT2D eigenvalue weighted by Crippen LogP contribution is -2.30. The van der Waals surface area contributed by atoms with Gasteiger partial charge in [-0.25, -0.2) is 9.37 Å². The van der Waals surface area contributed by atoms with Gasteiger partial charge in [0.15, 0.2) is 0 Å². The fraction of sp³-hybridized carbons (Fsp3) is 0.125. The molecule has 0 spiro atoms. The van der Waals surface area contributed by atoms with Gasteiger partial charge in [0, 0.05) is 0 Å². The molecule has 1 aliphatic heterocycles. The second kappa shape index (κ2) is 8.07. The number of halogens is 1. The van der Waals surface area contributed by atoms with Crippen LogP contribution in [0.5, 0.6) is 11.5 Å². The third kappa shape index (κ3) is 3.19. The topological polar surface area (TPSA) is 118 Å². The Morgan fingerprint density at radius 2 is 1.85 bits per heavy atom. The van der Waals surface area contributed by atoms with Crippen molar-refractivity contribution in [3.63, 3.8) is 0 Å². The smallest absolute Gasteiger partial charge is 0.302 e. The molecule has 1 saturated heterocycles. The average Bonchev–Trinajstić information content (AvgIpc) is 3.56. The fourth-order valence-electron chi connectivity index (χ4n) is 4.07. The Hall–Kier alpha value is -4.60. The van der Waals surface area contributed by atoms with E-state index in [2.05, 4.69) is 9.97 Å². The van der Waals surface area contributed by atoms with Gasteiger partial charge in [-0.05, 0) is 42.5 Å². The van der Waals surface area contributed by atoms with E-state index in [9.17, 15) is 19.1 Å². The quantitative estimate of drug-likeness (QED) is 0.261. The van der Waals surface area contributed by atoms with Crippen LogP contribution in [0.15, 0.2) is 64.8 Å². The van der Waals surface area contributed by atoms with Gasteiger partial charge in [-0.1, -0.05) is 6.07 Å². The minimum absolute atomic E-state index is 0.00450. The van der Waals surface area contributed by atoms with Crippen LogP contribution >= 0.6 is 0 Å². The maximum atomic E-state index is 13.7. The number of aliphatic hydroxyl groups excluding tert-OH is 1. The number of H-pyrrole nitrogens is 1. The number of Topliss-reactive ketones (excluding diaryl/α,β-unsaturated/α-hetero) is 1. The molecule has 0 saturated carbocycles. The van der Waals surface area contributed by atoms with Crippen LogP contribution in [-0.2, 0) is 9.59 Å². The molecular formula is C24H18FN3O6. The third-order valence-electron chi connectivity index (χ3n) is 5.58. The number of imidazole rings is 1. The Morgan fingerprint density at radius 3 is 2.50 bits per heavy atom. The molecule has 1 unspecified atom stereocenters. The number of aromatic amines is 1. The molecule has 4 aromatic rings. The van der Waals surface area contributed by atoms with E-state index in [-0.39, 0.29) is 34.3 Å². The molecule has 0 aliphatic carbocycles. The van der Waals surface area contributed by atoms with E-state index in [0.717, 1.165) is 4.90 Å². The number of hydrogen-bond donors (Lipinski definition) is 2. The van der Waals surface area contributed by atoms with Crippen molar-refractivity contribution in [1.82, 2.24) is 9.97 Å². The number of anilines is 1.